The quantitative estimate of drug-likeness (QED) is 0.724. The van der Waals surface area contributed by atoms with E-state index in [2.05, 4.69) is 24.0 Å². The summed E-state index contributed by atoms with van der Waals surface area (Å²) in [6.07, 6.45) is 3.34. The molecule has 5 heteroatoms. The van der Waals surface area contributed by atoms with E-state index < -0.39 is 12.1 Å². The van der Waals surface area contributed by atoms with Crippen LogP contribution in [-0.4, -0.2) is 30.3 Å². The molecule has 5 nitrogen and oxygen atoms in total. The van der Waals surface area contributed by atoms with Crippen molar-refractivity contribution in [2.45, 2.75) is 31.1 Å². The number of hydrogen-bond acceptors (Lipinski definition) is 3. The van der Waals surface area contributed by atoms with Crippen molar-refractivity contribution in [3.05, 3.63) is 48.0 Å². The Kier molecular flexibility index (Phi) is 5.58. The minimum absolute atomic E-state index is 0.0372. The van der Waals surface area contributed by atoms with Gasteiger partial charge in [-0.05, 0) is 29.9 Å². The van der Waals surface area contributed by atoms with Crippen molar-refractivity contribution < 1.29 is 19.4 Å². The molecule has 2 rings (SSSR count). The number of ether oxygens (including phenoxy) is 1. The van der Waals surface area contributed by atoms with E-state index >= 15 is 0 Å². The Balaban J connectivity index is 1.96. The van der Waals surface area contributed by atoms with Crippen molar-refractivity contribution in [1.29, 1.82) is 0 Å². The zero-order chi connectivity index (χ0) is 15.9. The van der Waals surface area contributed by atoms with Gasteiger partial charge in [0, 0.05) is 12.5 Å². The summed E-state index contributed by atoms with van der Waals surface area (Å²) in [7, 11) is 0. The number of aliphatic carboxylic acids is 1. The highest BCUT2D eigenvalue weighted by molar-refractivity contribution is 5.69. The van der Waals surface area contributed by atoms with Crippen LogP contribution >= 0.6 is 0 Å². The summed E-state index contributed by atoms with van der Waals surface area (Å²) in [5.41, 5.74) is 2.21. The van der Waals surface area contributed by atoms with Gasteiger partial charge in [-0.3, -0.25) is 4.79 Å². The maximum absolute atomic E-state index is 11.4. The summed E-state index contributed by atoms with van der Waals surface area (Å²) in [4.78, 5) is 22.5. The number of amides is 1. The monoisotopic (exact) mass is 303 g/mol. The minimum atomic E-state index is -0.891. The largest absolute Gasteiger partial charge is 0.481 e. The number of carboxylic acids is 1. The second kappa shape index (κ2) is 7.64. The molecule has 1 amide bonds. The first-order valence-corrected chi connectivity index (χ1v) is 7.43. The number of benzene rings is 1. The first-order chi connectivity index (χ1) is 10.6. The lowest BCUT2D eigenvalue weighted by Crippen LogP contribution is -2.30. The first kappa shape index (κ1) is 16.1. The number of nitrogens with one attached hydrogen (secondary N) is 1. The Morgan fingerprint density at radius 3 is 2.59 bits per heavy atom. The standard InChI is InChI=1S/C17H21NO4/c1-2-9-22-17(21)18-11-15(10-16(19)20)14-7-5-13(6-8-14)12-3-4-12/h2,5-8,12,15H,1,3-4,9-11H2,(H,18,21)(H,19,20). The van der Waals surface area contributed by atoms with Crippen molar-refractivity contribution in [2.75, 3.05) is 13.2 Å². The smallest absolute Gasteiger partial charge is 0.407 e. The van der Waals surface area contributed by atoms with E-state index in [4.69, 9.17) is 9.84 Å². The van der Waals surface area contributed by atoms with Crippen molar-refractivity contribution in [1.82, 2.24) is 5.32 Å². The molecule has 1 aromatic carbocycles. The molecule has 1 fully saturated rings. The van der Waals surface area contributed by atoms with Crippen LogP contribution < -0.4 is 5.32 Å². The summed E-state index contributed by atoms with van der Waals surface area (Å²) in [6.45, 7) is 3.82. The number of rotatable bonds is 8. The van der Waals surface area contributed by atoms with E-state index in [0.717, 1.165) is 5.56 Å². The molecular weight excluding hydrogens is 282 g/mol. The molecule has 1 aliphatic carbocycles. The Labute approximate surface area is 130 Å². The van der Waals surface area contributed by atoms with E-state index in [1.165, 1.54) is 24.5 Å². The van der Waals surface area contributed by atoms with E-state index in [0.29, 0.717) is 5.92 Å². The lowest BCUT2D eigenvalue weighted by Gasteiger charge is -2.16. The van der Waals surface area contributed by atoms with Crippen LogP contribution in [0.15, 0.2) is 36.9 Å². The molecule has 0 spiro atoms. The Morgan fingerprint density at radius 1 is 1.36 bits per heavy atom. The molecule has 0 bridgehead atoms. The molecule has 0 radical (unpaired) electrons. The highest BCUT2D eigenvalue weighted by Crippen LogP contribution is 2.40. The molecule has 1 aliphatic rings. The average Bonchev–Trinajstić information content (AvgIpc) is 3.34. The van der Waals surface area contributed by atoms with Gasteiger partial charge in [0.1, 0.15) is 6.61 Å². The molecule has 0 aromatic heterocycles. The SMILES string of the molecule is C=CCOC(=O)NCC(CC(=O)O)c1ccc(C2CC2)cc1. The zero-order valence-corrected chi connectivity index (χ0v) is 12.5. The van der Waals surface area contributed by atoms with Gasteiger partial charge in [-0.15, -0.1) is 0 Å². The fourth-order valence-electron chi connectivity index (χ4n) is 2.37. The van der Waals surface area contributed by atoms with Crippen LogP contribution in [0.5, 0.6) is 0 Å². The molecule has 1 saturated carbocycles. The summed E-state index contributed by atoms with van der Waals surface area (Å²) >= 11 is 0. The Morgan fingerprint density at radius 2 is 2.05 bits per heavy atom. The fourth-order valence-corrected chi connectivity index (χ4v) is 2.37. The fraction of sp³-hybridized carbons (Fsp3) is 0.412. The highest BCUT2D eigenvalue weighted by atomic mass is 16.5. The Bertz CT molecular complexity index is 534. The molecule has 0 heterocycles. The molecule has 2 N–H and O–H groups in total. The van der Waals surface area contributed by atoms with Crippen molar-refractivity contribution >= 4 is 12.1 Å². The summed E-state index contributed by atoms with van der Waals surface area (Å²) in [5, 5.41) is 11.6. The number of carbonyl (C=O) groups excluding carboxylic acids is 1. The maximum atomic E-state index is 11.4. The van der Waals surface area contributed by atoms with Gasteiger partial charge in [-0.25, -0.2) is 4.79 Å². The van der Waals surface area contributed by atoms with Crippen LogP contribution in [0.1, 0.15) is 42.2 Å². The molecular formula is C17H21NO4. The lowest BCUT2D eigenvalue weighted by molar-refractivity contribution is -0.137. The number of carbonyl (C=O) groups is 2. The number of hydrogen-bond donors (Lipinski definition) is 2. The van der Waals surface area contributed by atoms with Gasteiger partial charge in [-0.2, -0.15) is 0 Å². The summed E-state index contributed by atoms with van der Waals surface area (Å²) < 4.78 is 4.83. The van der Waals surface area contributed by atoms with Gasteiger partial charge in [0.05, 0.1) is 6.42 Å². The lowest BCUT2D eigenvalue weighted by atomic mass is 9.94. The highest BCUT2D eigenvalue weighted by Gasteiger charge is 2.24. The van der Waals surface area contributed by atoms with Crippen LogP contribution in [0.2, 0.25) is 0 Å². The molecule has 0 aliphatic heterocycles. The van der Waals surface area contributed by atoms with Gasteiger partial charge in [0.15, 0.2) is 0 Å². The van der Waals surface area contributed by atoms with Gasteiger partial charge in [-0.1, -0.05) is 36.9 Å². The van der Waals surface area contributed by atoms with Gasteiger partial charge >= 0.3 is 12.1 Å². The van der Waals surface area contributed by atoms with Crippen LogP contribution in [-0.2, 0) is 9.53 Å². The van der Waals surface area contributed by atoms with E-state index in [9.17, 15) is 9.59 Å². The first-order valence-electron chi connectivity index (χ1n) is 7.43. The van der Waals surface area contributed by atoms with Crippen molar-refractivity contribution in [3.8, 4) is 0 Å². The zero-order valence-electron chi connectivity index (χ0n) is 12.5. The third-order valence-corrected chi connectivity index (χ3v) is 3.70. The molecule has 22 heavy (non-hydrogen) atoms. The van der Waals surface area contributed by atoms with Crippen LogP contribution in [0.3, 0.4) is 0 Å². The minimum Gasteiger partial charge on any atom is -0.481 e. The number of alkyl carbamates (subject to hydrolysis) is 1. The third kappa shape index (κ3) is 4.91. The molecule has 1 atom stereocenters. The summed E-state index contributed by atoms with van der Waals surface area (Å²) in [6, 6.07) is 8.02. The predicted octanol–water partition coefficient (Wildman–Crippen LogP) is 3.03. The van der Waals surface area contributed by atoms with Crippen LogP contribution in [0.25, 0.3) is 0 Å². The summed E-state index contributed by atoms with van der Waals surface area (Å²) in [5.74, 6) is -0.501. The Hall–Kier alpha value is -2.30. The van der Waals surface area contributed by atoms with Crippen LogP contribution in [0.4, 0.5) is 4.79 Å². The van der Waals surface area contributed by atoms with E-state index in [-0.39, 0.29) is 25.5 Å². The predicted molar refractivity (Wildman–Crippen MR) is 83.0 cm³/mol. The molecule has 118 valence electrons. The second-order valence-corrected chi connectivity index (χ2v) is 5.50. The number of carboxylic acid groups (broad SMARTS) is 1. The van der Waals surface area contributed by atoms with Crippen molar-refractivity contribution in [3.63, 3.8) is 0 Å². The van der Waals surface area contributed by atoms with Gasteiger partial charge in [0.25, 0.3) is 0 Å². The van der Waals surface area contributed by atoms with Crippen molar-refractivity contribution in [2.24, 2.45) is 0 Å². The van der Waals surface area contributed by atoms with E-state index in [1.54, 1.807) is 0 Å². The normalized spacial score (nSPS) is 14.9. The molecule has 0 saturated heterocycles. The molecule has 1 unspecified atom stereocenters. The average molecular weight is 303 g/mol. The second-order valence-electron chi connectivity index (χ2n) is 5.50. The van der Waals surface area contributed by atoms with Gasteiger partial charge in [0.2, 0.25) is 0 Å². The topological polar surface area (TPSA) is 75.6 Å². The molecule has 1 aromatic rings. The van der Waals surface area contributed by atoms with E-state index in [1.807, 2.05) is 12.1 Å². The maximum Gasteiger partial charge on any atom is 0.407 e. The van der Waals surface area contributed by atoms with Gasteiger partial charge < -0.3 is 15.2 Å². The third-order valence-electron chi connectivity index (χ3n) is 3.70. The van der Waals surface area contributed by atoms with Crippen LogP contribution in [0, 0.1) is 0 Å².